The third-order valence-electron chi connectivity index (χ3n) is 5.68. The molecule has 6 nitrogen and oxygen atoms in total. The number of nitrogens with zero attached hydrogens (tertiary/aromatic N) is 2. The Hall–Kier alpha value is -2.08. The Morgan fingerprint density at radius 1 is 1.14 bits per heavy atom. The van der Waals surface area contributed by atoms with Gasteiger partial charge in [0.2, 0.25) is 0 Å². The van der Waals surface area contributed by atoms with Gasteiger partial charge in [-0.2, -0.15) is 0 Å². The second kappa shape index (κ2) is 8.11. The second-order valence-electron chi connectivity index (χ2n) is 8.79. The molecule has 3 rings (SSSR count). The lowest BCUT2D eigenvalue weighted by molar-refractivity contribution is -0.160. The summed E-state index contributed by atoms with van der Waals surface area (Å²) >= 11 is 0. The van der Waals surface area contributed by atoms with Crippen LogP contribution in [0.5, 0.6) is 0 Å². The summed E-state index contributed by atoms with van der Waals surface area (Å²) in [4.78, 5) is 29.8. The lowest BCUT2D eigenvalue weighted by Crippen LogP contribution is -2.58. The van der Waals surface area contributed by atoms with Crippen molar-refractivity contribution in [2.24, 2.45) is 5.41 Å². The van der Waals surface area contributed by atoms with E-state index in [4.69, 9.17) is 9.47 Å². The summed E-state index contributed by atoms with van der Waals surface area (Å²) in [5, 5.41) is 0. The summed E-state index contributed by atoms with van der Waals surface area (Å²) in [6.45, 7) is 10.6. The van der Waals surface area contributed by atoms with Crippen molar-refractivity contribution >= 4 is 12.1 Å². The molecule has 2 fully saturated rings. The van der Waals surface area contributed by atoms with Crippen LogP contribution in [0.3, 0.4) is 0 Å². The van der Waals surface area contributed by atoms with E-state index in [2.05, 4.69) is 17.0 Å². The Morgan fingerprint density at radius 3 is 2.46 bits per heavy atom. The standard InChI is InChI=1S/C22H32N2O4/c1-5-27-19(25)22-11-13-23(15-17-9-7-6-8-10-17)16-18(22)24(14-12-22)20(26)28-21(2,3)4/h6-10,18H,5,11-16H2,1-4H3/t18-,22-/m0/s1. The van der Waals surface area contributed by atoms with E-state index in [9.17, 15) is 9.59 Å². The van der Waals surface area contributed by atoms with Crippen LogP contribution in [0.1, 0.15) is 46.1 Å². The number of ether oxygens (including phenoxy) is 2. The van der Waals surface area contributed by atoms with Crippen LogP contribution in [-0.4, -0.2) is 59.7 Å². The normalized spacial score (nSPS) is 25.3. The fourth-order valence-electron chi connectivity index (χ4n) is 4.34. The first-order chi connectivity index (χ1) is 13.2. The molecule has 0 unspecified atom stereocenters. The van der Waals surface area contributed by atoms with Gasteiger partial charge in [0.05, 0.1) is 18.1 Å². The number of amides is 1. The summed E-state index contributed by atoms with van der Waals surface area (Å²) in [6.07, 6.45) is 0.989. The van der Waals surface area contributed by atoms with Crippen molar-refractivity contribution in [3.8, 4) is 0 Å². The van der Waals surface area contributed by atoms with Gasteiger partial charge in [-0.25, -0.2) is 4.79 Å². The summed E-state index contributed by atoms with van der Waals surface area (Å²) < 4.78 is 11.1. The van der Waals surface area contributed by atoms with Crippen molar-refractivity contribution in [1.29, 1.82) is 0 Å². The van der Waals surface area contributed by atoms with Gasteiger partial charge in [-0.1, -0.05) is 30.3 Å². The molecule has 2 aliphatic rings. The molecule has 28 heavy (non-hydrogen) atoms. The van der Waals surface area contributed by atoms with Crippen molar-refractivity contribution in [3.05, 3.63) is 35.9 Å². The molecule has 0 radical (unpaired) electrons. The average Bonchev–Trinajstić information content (AvgIpc) is 3.02. The number of rotatable bonds is 4. The summed E-state index contributed by atoms with van der Waals surface area (Å²) in [7, 11) is 0. The molecule has 0 N–H and O–H groups in total. The zero-order valence-corrected chi connectivity index (χ0v) is 17.4. The van der Waals surface area contributed by atoms with Crippen molar-refractivity contribution in [3.63, 3.8) is 0 Å². The largest absolute Gasteiger partial charge is 0.466 e. The van der Waals surface area contributed by atoms with Crippen LogP contribution in [0.25, 0.3) is 0 Å². The first-order valence-electron chi connectivity index (χ1n) is 10.2. The number of likely N-dealkylation sites (tertiary alicyclic amines) is 2. The van der Waals surface area contributed by atoms with Crippen molar-refractivity contribution in [2.75, 3.05) is 26.2 Å². The maximum Gasteiger partial charge on any atom is 0.410 e. The quantitative estimate of drug-likeness (QED) is 0.740. The molecule has 1 aromatic carbocycles. The Morgan fingerprint density at radius 2 is 1.82 bits per heavy atom. The minimum Gasteiger partial charge on any atom is -0.466 e. The van der Waals surface area contributed by atoms with Crippen LogP contribution in [0.2, 0.25) is 0 Å². The fraction of sp³-hybridized carbons (Fsp3) is 0.636. The van der Waals surface area contributed by atoms with Gasteiger partial charge in [0.1, 0.15) is 5.60 Å². The molecule has 6 heteroatoms. The minimum atomic E-state index is -0.625. The highest BCUT2D eigenvalue weighted by Crippen LogP contribution is 2.45. The molecule has 1 aromatic rings. The van der Waals surface area contributed by atoms with Crippen LogP contribution in [0.15, 0.2) is 30.3 Å². The van der Waals surface area contributed by atoms with E-state index >= 15 is 0 Å². The number of piperidine rings is 1. The van der Waals surface area contributed by atoms with Gasteiger partial charge in [0.15, 0.2) is 0 Å². The number of hydrogen-bond acceptors (Lipinski definition) is 5. The molecule has 2 heterocycles. The Kier molecular flexibility index (Phi) is 5.98. The maximum absolute atomic E-state index is 12.9. The first-order valence-corrected chi connectivity index (χ1v) is 10.2. The van der Waals surface area contributed by atoms with Crippen molar-refractivity contribution < 1.29 is 19.1 Å². The van der Waals surface area contributed by atoms with Gasteiger partial charge in [-0.3, -0.25) is 9.69 Å². The average molecular weight is 389 g/mol. The lowest BCUT2D eigenvalue weighted by atomic mass is 9.74. The smallest absolute Gasteiger partial charge is 0.410 e. The van der Waals surface area contributed by atoms with E-state index in [-0.39, 0.29) is 18.1 Å². The van der Waals surface area contributed by atoms with Crippen molar-refractivity contribution in [2.45, 2.75) is 58.7 Å². The monoisotopic (exact) mass is 388 g/mol. The predicted molar refractivity (Wildman–Crippen MR) is 107 cm³/mol. The Balaban J connectivity index is 1.81. The highest BCUT2D eigenvalue weighted by atomic mass is 16.6. The SMILES string of the molecule is CCOC(=O)[C@]12CCN(Cc3ccccc3)C[C@@H]1N(C(=O)OC(C)(C)C)CC2. The van der Waals surface area contributed by atoms with E-state index < -0.39 is 11.0 Å². The van der Waals surface area contributed by atoms with Crippen molar-refractivity contribution in [1.82, 2.24) is 9.80 Å². The van der Waals surface area contributed by atoms with Gasteiger partial charge >= 0.3 is 12.1 Å². The molecule has 0 spiro atoms. The molecule has 2 aliphatic heterocycles. The molecule has 0 aliphatic carbocycles. The number of hydrogen-bond donors (Lipinski definition) is 0. The van der Waals surface area contributed by atoms with Gasteiger partial charge in [-0.05, 0) is 52.6 Å². The molecule has 154 valence electrons. The zero-order chi connectivity index (χ0) is 20.4. The van der Waals surface area contributed by atoms with E-state index in [1.54, 1.807) is 4.90 Å². The highest BCUT2D eigenvalue weighted by molar-refractivity contribution is 5.81. The molecule has 0 aromatic heterocycles. The van der Waals surface area contributed by atoms with E-state index in [1.807, 2.05) is 45.9 Å². The number of benzene rings is 1. The fourth-order valence-corrected chi connectivity index (χ4v) is 4.34. The van der Waals surface area contributed by atoms with Crippen LogP contribution < -0.4 is 0 Å². The van der Waals surface area contributed by atoms with Crippen LogP contribution in [0.4, 0.5) is 4.79 Å². The predicted octanol–water partition coefficient (Wildman–Crippen LogP) is 3.45. The third kappa shape index (κ3) is 4.32. The molecular weight excluding hydrogens is 356 g/mol. The van der Waals surface area contributed by atoms with E-state index in [0.29, 0.717) is 32.5 Å². The van der Waals surface area contributed by atoms with E-state index in [1.165, 1.54) is 5.56 Å². The zero-order valence-electron chi connectivity index (χ0n) is 17.4. The van der Waals surface area contributed by atoms with E-state index in [0.717, 1.165) is 13.1 Å². The number of esters is 1. The highest BCUT2D eigenvalue weighted by Gasteiger charge is 2.57. The topological polar surface area (TPSA) is 59.1 Å². The Bertz CT molecular complexity index is 700. The second-order valence-corrected chi connectivity index (χ2v) is 8.79. The van der Waals surface area contributed by atoms with Gasteiger partial charge in [-0.15, -0.1) is 0 Å². The molecule has 1 amide bonds. The number of carbonyl (C=O) groups excluding carboxylic acids is 2. The Labute approximate surface area is 167 Å². The third-order valence-corrected chi connectivity index (χ3v) is 5.68. The lowest BCUT2D eigenvalue weighted by Gasteiger charge is -2.44. The summed E-state index contributed by atoms with van der Waals surface area (Å²) in [5.74, 6) is -0.176. The summed E-state index contributed by atoms with van der Waals surface area (Å²) in [6, 6.07) is 10.1. The minimum absolute atomic E-state index is 0.176. The summed E-state index contributed by atoms with van der Waals surface area (Å²) in [5.41, 5.74) is 0.0399. The van der Waals surface area contributed by atoms with Gasteiger partial charge < -0.3 is 14.4 Å². The van der Waals surface area contributed by atoms with Crippen LogP contribution in [0, 0.1) is 5.41 Å². The van der Waals surface area contributed by atoms with Gasteiger partial charge in [0.25, 0.3) is 0 Å². The molecule has 0 saturated carbocycles. The van der Waals surface area contributed by atoms with Crippen LogP contribution in [-0.2, 0) is 20.8 Å². The van der Waals surface area contributed by atoms with Crippen LogP contribution >= 0.6 is 0 Å². The maximum atomic E-state index is 12.9. The number of fused-ring (bicyclic) bond motifs is 1. The first kappa shape index (κ1) is 20.6. The van der Waals surface area contributed by atoms with Gasteiger partial charge in [0, 0.05) is 19.6 Å². The molecule has 2 atom stereocenters. The number of carbonyl (C=O) groups is 2. The molecule has 2 saturated heterocycles. The molecule has 0 bridgehead atoms. The molecular formula is C22H32N2O4.